The van der Waals surface area contributed by atoms with Gasteiger partial charge in [0, 0.05) is 31.1 Å². The van der Waals surface area contributed by atoms with Gasteiger partial charge in [0.1, 0.15) is 11.2 Å². The SMILES string of the molecule is CC(C)(O)C(C)(C)O[B]c1cccc2sc3ccc(-c4cccc5c4oc4cc6ccccc6cc45)cc3c12. The fourth-order valence-corrected chi connectivity index (χ4v) is 6.31. The van der Waals surface area contributed by atoms with E-state index in [4.69, 9.17) is 9.07 Å². The molecule has 0 unspecified atom stereocenters. The number of benzene rings is 5. The topological polar surface area (TPSA) is 42.6 Å². The standard InChI is InChI=1S/C34H28BO3S/c1-33(2,36)34(3,4)38-35-27-13-8-14-30-31(27)26-18-22(15-16-29(26)39-30)23-11-7-12-24-25-17-20-9-5-6-10-21(20)19-28(25)37-32(23)24/h5-19,36H,1-4H3. The fraction of sp³-hybridized carbons (Fsp3) is 0.176. The van der Waals surface area contributed by atoms with Crippen molar-refractivity contribution < 1.29 is 14.2 Å². The van der Waals surface area contributed by atoms with E-state index in [1.807, 2.05) is 13.8 Å². The third-order valence-corrected chi connectivity index (χ3v) is 9.29. The van der Waals surface area contributed by atoms with Gasteiger partial charge in [0.15, 0.2) is 0 Å². The molecule has 39 heavy (non-hydrogen) atoms. The van der Waals surface area contributed by atoms with E-state index in [1.165, 1.54) is 25.6 Å². The minimum atomic E-state index is -0.988. The molecule has 0 aliphatic carbocycles. The van der Waals surface area contributed by atoms with Gasteiger partial charge in [0.2, 0.25) is 0 Å². The van der Waals surface area contributed by atoms with Crippen LogP contribution in [0.25, 0.3) is 64.0 Å². The molecule has 2 heterocycles. The first-order valence-corrected chi connectivity index (χ1v) is 14.0. The van der Waals surface area contributed by atoms with Crippen molar-refractivity contribution in [3.05, 3.63) is 91.0 Å². The van der Waals surface area contributed by atoms with E-state index in [0.717, 1.165) is 43.9 Å². The van der Waals surface area contributed by atoms with Crippen LogP contribution in [0.15, 0.2) is 95.4 Å². The number of aliphatic hydroxyl groups is 1. The van der Waals surface area contributed by atoms with Crippen molar-refractivity contribution in [3.8, 4) is 11.1 Å². The highest BCUT2D eigenvalue weighted by Crippen LogP contribution is 2.40. The van der Waals surface area contributed by atoms with Crippen molar-refractivity contribution in [1.82, 2.24) is 0 Å². The average Bonchev–Trinajstić information content (AvgIpc) is 3.47. The Labute approximate surface area is 231 Å². The van der Waals surface area contributed by atoms with Crippen molar-refractivity contribution in [2.75, 3.05) is 0 Å². The first-order chi connectivity index (χ1) is 18.7. The maximum atomic E-state index is 10.6. The molecule has 0 saturated carbocycles. The predicted molar refractivity (Wildman–Crippen MR) is 166 cm³/mol. The first-order valence-electron chi connectivity index (χ1n) is 13.2. The van der Waals surface area contributed by atoms with Gasteiger partial charge in [-0.3, -0.25) is 0 Å². The summed E-state index contributed by atoms with van der Waals surface area (Å²) in [5, 5.41) is 17.6. The maximum absolute atomic E-state index is 10.6. The van der Waals surface area contributed by atoms with Crippen LogP contribution in [0, 0.1) is 0 Å². The summed E-state index contributed by atoms with van der Waals surface area (Å²) in [4.78, 5) is 0. The van der Waals surface area contributed by atoms with Crippen molar-refractivity contribution in [2.24, 2.45) is 0 Å². The molecule has 0 aliphatic heterocycles. The zero-order valence-electron chi connectivity index (χ0n) is 22.4. The number of fused-ring (bicyclic) bond motifs is 7. The van der Waals surface area contributed by atoms with E-state index in [9.17, 15) is 5.11 Å². The molecule has 0 bridgehead atoms. The fourth-order valence-electron chi connectivity index (χ4n) is 5.19. The van der Waals surface area contributed by atoms with Crippen LogP contribution in [0.5, 0.6) is 0 Å². The molecular weight excluding hydrogens is 499 g/mol. The molecule has 0 aliphatic rings. The van der Waals surface area contributed by atoms with E-state index >= 15 is 0 Å². The zero-order valence-corrected chi connectivity index (χ0v) is 23.2. The van der Waals surface area contributed by atoms with Crippen molar-refractivity contribution in [2.45, 2.75) is 38.9 Å². The second-order valence-electron chi connectivity index (χ2n) is 11.3. The molecule has 5 aromatic carbocycles. The number of thiophene rings is 1. The monoisotopic (exact) mass is 527 g/mol. The second-order valence-corrected chi connectivity index (χ2v) is 12.4. The van der Waals surface area contributed by atoms with E-state index in [-0.39, 0.29) is 0 Å². The molecule has 1 N–H and O–H groups in total. The smallest absolute Gasteiger partial charge is 0.331 e. The molecular formula is C34H28BO3S. The highest BCUT2D eigenvalue weighted by atomic mass is 32.1. The number of furan rings is 1. The van der Waals surface area contributed by atoms with Crippen molar-refractivity contribution in [1.29, 1.82) is 0 Å². The molecule has 0 amide bonds. The van der Waals surface area contributed by atoms with Crippen LogP contribution in [-0.2, 0) is 4.65 Å². The van der Waals surface area contributed by atoms with Crippen LogP contribution in [-0.4, -0.2) is 23.8 Å². The molecule has 191 valence electrons. The summed E-state index contributed by atoms with van der Waals surface area (Å²) >= 11 is 1.78. The molecule has 2 aromatic heterocycles. The van der Waals surface area contributed by atoms with E-state index < -0.39 is 11.2 Å². The van der Waals surface area contributed by atoms with Gasteiger partial charge in [0.05, 0.1) is 11.2 Å². The van der Waals surface area contributed by atoms with Gasteiger partial charge >= 0.3 is 7.48 Å². The summed E-state index contributed by atoms with van der Waals surface area (Å²) in [6.45, 7) is 7.36. The highest BCUT2D eigenvalue weighted by molar-refractivity contribution is 7.26. The predicted octanol–water partition coefficient (Wildman–Crippen LogP) is 8.58. The lowest BCUT2D eigenvalue weighted by atomic mass is 9.80. The van der Waals surface area contributed by atoms with Crippen molar-refractivity contribution in [3.63, 3.8) is 0 Å². The van der Waals surface area contributed by atoms with Gasteiger partial charge in [-0.1, -0.05) is 60.7 Å². The molecule has 7 aromatic rings. The summed E-state index contributed by atoms with van der Waals surface area (Å²) in [5.41, 5.74) is 3.28. The van der Waals surface area contributed by atoms with Gasteiger partial charge in [0.25, 0.3) is 0 Å². The Morgan fingerprint density at radius 1 is 0.744 bits per heavy atom. The van der Waals surface area contributed by atoms with Crippen LogP contribution in [0.1, 0.15) is 27.7 Å². The average molecular weight is 527 g/mol. The van der Waals surface area contributed by atoms with E-state index in [2.05, 4.69) is 91.0 Å². The minimum Gasteiger partial charge on any atom is -0.455 e. The third-order valence-electron chi connectivity index (χ3n) is 8.16. The summed E-state index contributed by atoms with van der Waals surface area (Å²) in [7, 11) is 1.80. The summed E-state index contributed by atoms with van der Waals surface area (Å²) < 4.78 is 15.1. The molecule has 0 fully saturated rings. The molecule has 7 rings (SSSR count). The Hall–Kier alpha value is -3.64. The van der Waals surface area contributed by atoms with Crippen LogP contribution >= 0.6 is 11.3 Å². The molecule has 1 radical (unpaired) electrons. The van der Waals surface area contributed by atoms with Crippen LogP contribution in [0.3, 0.4) is 0 Å². The molecule has 0 saturated heterocycles. The Balaban J connectivity index is 1.38. The minimum absolute atomic E-state index is 0.742. The van der Waals surface area contributed by atoms with Gasteiger partial charge < -0.3 is 14.2 Å². The Kier molecular flexibility index (Phi) is 5.44. The first kappa shape index (κ1) is 24.4. The summed E-state index contributed by atoms with van der Waals surface area (Å²) in [6.07, 6.45) is 0. The quantitative estimate of drug-likeness (QED) is 0.228. The third kappa shape index (κ3) is 3.96. The Bertz CT molecular complexity index is 2040. The van der Waals surface area contributed by atoms with Gasteiger partial charge in [-0.05, 0) is 85.2 Å². The maximum Gasteiger partial charge on any atom is 0.331 e. The normalized spacial score (nSPS) is 12.8. The van der Waals surface area contributed by atoms with Crippen LogP contribution in [0.4, 0.5) is 0 Å². The number of para-hydroxylation sites is 1. The van der Waals surface area contributed by atoms with Gasteiger partial charge in [-0.25, -0.2) is 0 Å². The van der Waals surface area contributed by atoms with Crippen LogP contribution in [0.2, 0.25) is 0 Å². The highest BCUT2D eigenvalue weighted by Gasteiger charge is 2.36. The summed E-state index contributed by atoms with van der Waals surface area (Å²) in [6, 6.07) is 32.1. The van der Waals surface area contributed by atoms with E-state index in [1.54, 1.807) is 32.7 Å². The van der Waals surface area contributed by atoms with Crippen LogP contribution < -0.4 is 5.46 Å². The lowest BCUT2D eigenvalue weighted by Crippen LogP contribution is -2.49. The van der Waals surface area contributed by atoms with E-state index in [0.29, 0.717) is 0 Å². The molecule has 0 atom stereocenters. The lowest BCUT2D eigenvalue weighted by Gasteiger charge is -2.37. The molecule has 5 heteroatoms. The Morgan fingerprint density at radius 2 is 1.51 bits per heavy atom. The lowest BCUT2D eigenvalue weighted by molar-refractivity contribution is -0.0893. The van der Waals surface area contributed by atoms with Gasteiger partial charge in [-0.2, -0.15) is 0 Å². The number of hydrogen-bond donors (Lipinski definition) is 1. The zero-order chi connectivity index (χ0) is 26.9. The number of hydrogen-bond acceptors (Lipinski definition) is 4. The second kappa shape index (κ2) is 8.69. The number of rotatable bonds is 5. The Morgan fingerprint density at radius 3 is 2.31 bits per heavy atom. The largest absolute Gasteiger partial charge is 0.455 e. The van der Waals surface area contributed by atoms with Crippen molar-refractivity contribution >= 4 is 77.2 Å². The molecule has 0 spiro atoms. The summed E-state index contributed by atoms with van der Waals surface area (Å²) in [5.74, 6) is 0. The molecule has 3 nitrogen and oxygen atoms in total. The van der Waals surface area contributed by atoms with Gasteiger partial charge in [-0.15, -0.1) is 11.3 Å².